The number of nitrogens with zero attached hydrogens (tertiary/aromatic N) is 4. The Hall–Kier alpha value is -2.15. The van der Waals surface area contributed by atoms with Gasteiger partial charge in [-0.15, -0.1) is 10.2 Å². The van der Waals surface area contributed by atoms with Gasteiger partial charge in [0.15, 0.2) is 5.65 Å². The summed E-state index contributed by atoms with van der Waals surface area (Å²) in [5, 5.41) is 13.1. The largest absolute Gasteiger partial charge is 0.353 e. The minimum absolute atomic E-state index is 0.00526. The zero-order chi connectivity index (χ0) is 17.8. The van der Waals surface area contributed by atoms with Crippen molar-refractivity contribution in [3.05, 3.63) is 24.3 Å². The quantitative estimate of drug-likeness (QED) is 0.656. The maximum atomic E-state index is 12.0. The predicted octanol–water partition coefficient (Wildman–Crippen LogP) is 3.40. The fourth-order valence-corrected chi connectivity index (χ4v) is 3.62. The summed E-state index contributed by atoms with van der Waals surface area (Å²) < 4.78 is 2.13. The highest BCUT2D eigenvalue weighted by molar-refractivity contribution is 7.99. The van der Waals surface area contributed by atoms with Crippen molar-refractivity contribution < 1.29 is 4.79 Å². The second-order valence-electron chi connectivity index (χ2n) is 6.07. The van der Waals surface area contributed by atoms with E-state index in [0.717, 1.165) is 41.5 Å². The molecule has 3 rings (SSSR count). The molecule has 1 atom stereocenters. The molecule has 0 aliphatic carbocycles. The zero-order valence-electron chi connectivity index (χ0n) is 14.8. The lowest BCUT2D eigenvalue weighted by molar-refractivity contribution is -0.119. The van der Waals surface area contributed by atoms with E-state index in [9.17, 15) is 4.79 Å². The number of amides is 1. The van der Waals surface area contributed by atoms with Crippen LogP contribution in [0.1, 0.15) is 33.6 Å². The summed E-state index contributed by atoms with van der Waals surface area (Å²) in [5.74, 6) is 0.304. The van der Waals surface area contributed by atoms with Gasteiger partial charge in [0.2, 0.25) is 11.1 Å². The molecule has 6 nitrogen and oxygen atoms in total. The van der Waals surface area contributed by atoms with Crippen LogP contribution in [0.2, 0.25) is 0 Å². The van der Waals surface area contributed by atoms with Crippen molar-refractivity contribution in [2.45, 2.75) is 51.4 Å². The van der Waals surface area contributed by atoms with E-state index in [4.69, 9.17) is 0 Å². The summed E-state index contributed by atoms with van der Waals surface area (Å²) in [7, 11) is 0. The Kier molecular flexibility index (Phi) is 5.53. The highest BCUT2D eigenvalue weighted by Gasteiger charge is 2.14. The van der Waals surface area contributed by atoms with Crippen molar-refractivity contribution in [3.63, 3.8) is 0 Å². The minimum Gasteiger partial charge on any atom is -0.353 e. The van der Waals surface area contributed by atoms with Crippen LogP contribution in [0.3, 0.4) is 0 Å². The van der Waals surface area contributed by atoms with Gasteiger partial charge in [0.1, 0.15) is 5.52 Å². The molecule has 2 aromatic heterocycles. The first-order valence-corrected chi connectivity index (χ1v) is 9.66. The molecule has 0 aliphatic heterocycles. The number of thioether (sulfide) groups is 1. The third-order valence-corrected chi connectivity index (χ3v) is 4.97. The van der Waals surface area contributed by atoms with E-state index in [1.165, 1.54) is 11.8 Å². The van der Waals surface area contributed by atoms with Crippen LogP contribution < -0.4 is 5.32 Å². The standard InChI is InChI=1S/C18H23N5OS/c1-4-8-12(3)19-15(24)11-25-18-20-17-16(21-22-18)13-9-6-7-10-14(13)23(17)5-2/h6-7,9-10,12H,4-5,8,11H2,1-3H3,(H,19,24)/t12-/m1/s1. The molecule has 3 aromatic rings. The van der Waals surface area contributed by atoms with Gasteiger partial charge in [-0.3, -0.25) is 4.79 Å². The van der Waals surface area contributed by atoms with Gasteiger partial charge in [-0.1, -0.05) is 43.3 Å². The first-order valence-electron chi connectivity index (χ1n) is 8.67. The van der Waals surface area contributed by atoms with Crippen molar-refractivity contribution in [2.24, 2.45) is 0 Å². The monoisotopic (exact) mass is 357 g/mol. The van der Waals surface area contributed by atoms with Gasteiger partial charge < -0.3 is 9.88 Å². The Morgan fingerprint density at radius 2 is 2.08 bits per heavy atom. The minimum atomic E-state index is 0.00526. The normalized spacial score (nSPS) is 12.6. The maximum Gasteiger partial charge on any atom is 0.230 e. The van der Waals surface area contributed by atoms with Crippen LogP contribution in [0.5, 0.6) is 0 Å². The molecule has 1 aromatic carbocycles. The van der Waals surface area contributed by atoms with Crippen LogP contribution in [0.25, 0.3) is 22.1 Å². The number of rotatable bonds is 7. The van der Waals surface area contributed by atoms with Gasteiger partial charge in [-0.2, -0.15) is 0 Å². The Bertz CT molecular complexity index is 892. The Morgan fingerprint density at radius 3 is 2.84 bits per heavy atom. The average molecular weight is 357 g/mol. The smallest absolute Gasteiger partial charge is 0.230 e. The predicted molar refractivity (Wildman–Crippen MR) is 102 cm³/mol. The molecule has 0 radical (unpaired) electrons. The molecule has 0 unspecified atom stereocenters. The number of fused-ring (bicyclic) bond motifs is 3. The molecule has 1 amide bonds. The summed E-state index contributed by atoms with van der Waals surface area (Å²) in [6.07, 6.45) is 2.04. The SMILES string of the molecule is CCC[C@@H](C)NC(=O)CSc1nnc2c3ccccc3n(CC)c2n1. The lowest BCUT2D eigenvalue weighted by Crippen LogP contribution is -2.33. The molecule has 1 N–H and O–H groups in total. The van der Waals surface area contributed by atoms with Crippen LogP contribution in [-0.4, -0.2) is 37.5 Å². The number of carbonyl (C=O) groups is 1. The van der Waals surface area contributed by atoms with E-state index < -0.39 is 0 Å². The molecular weight excluding hydrogens is 334 g/mol. The molecular formula is C18H23N5OS. The van der Waals surface area contributed by atoms with Crippen molar-refractivity contribution in [3.8, 4) is 0 Å². The molecule has 132 valence electrons. The number of aryl methyl sites for hydroxylation is 1. The molecule has 0 fully saturated rings. The fourth-order valence-electron chi connectivity index (χ4n) is 3.02. The second kappa shape index (κ2) is 7.82. The van der Waals surface area contributed by atoms with Crippen molar-refractivity contribution in [2.75, 3.05) is 5.75 Å². The zero-order valence-corrected chi connectivity index (χ0v) is 15.6. The average Bonchev–Trinajstić information content (AvgIpc) is 2.93. The molecule has 2 heterocycles. The van der Waals surface area contributed by atoms with Crippen LogP contribution in [0.4, 0.5) is 0 Å². The number of para-hydroxylation sites is 1. The highest BCUT2D eigenvalue weighted by Crippen LogP contribution is 2.26. The van der Waals surface area contributed by atoms with E-state index >= 15 is 0 Å². The van der Waals surface area contributed by atoms with E-state index in [2.05, 4.69) is 45.0 Å². The number of hydrogen-bond acceptors (Lipinski definition) is 5. The van der Waals surface area contributed by atoms with Crippen LogP contribution >= 0.6 is 11.8 Å². The van der Waals surface area contributed by atoms with Gasteiger partial charge in [0, 0.05) is 18.0 Å². The van der Waals surface area contributed by atoms with Gasteiger partial charge in [0.05, 0.1) is 11.3 Å². The first-order chi connectivity index (χ1) is 12.1. The molecule has 0 saturated carbocycles. The molecule has 0 aliphatic rings. The van der Waals surface area contributed by atoms with Crippen molar-refractivity contribution in [1.82, 2.24) is 25.1 Å². The third-order valence-electron chi connectivity index (χ3n) is 4.13. The third kappa shape index (κ3) is 3.76. The number of benzene rings is 1. The number of carbonyl (C=O) groups excluding carboxylic acids is 1. The Morgan fingerprint density at radius 1 is 1.28 bits per heavy atom. The maximum absolute atomic E-state index is 12.0. The lowest BCUT2D eigenvalue weighted by atomic mass is 10.2. The van der Waals surface area contributed by atoms with E-state index in [-0.39, 0.29) is 11.9 Å². The van der Waals surface area contributed by atoms with Gasteiger partial charge in [-0.25, -0.2) is 4.98 Å². The van der Waals surface area contributed by atoms with Gasteiger partial charge >= 0.3 is 0 Å². The van der Waals surface area contributed by atoms with E-state index in [1.807, 2.05) is 25.1 Å². The first kappa shape index (κ1) is 17.7. The molecule has 0 spiro atoms. The lowest BCUT2D eigenvalue weighted by Gasteiger charge is -2.11. The van der Waals surface area contributed by atoms with E-state index in [1.54, 1.807) is 0 Å². The number of aromatic nitrogens is 4. The summed E-state index contributed by atoms with van der Waals surface area (Å²) in [4.78, 5) is 16.7. The van der Waals surface area contributed by atoms with Gasteiger partial charge in [-0.05, 0) is 26.3 Å². The fraction of sp³-hybridized carbons (Fsp3) is 0.444. The topological polar surface area (TPSA) is 72.7 Å². The Labute approximate surface area is 151 Å². The summed E-state index contributed by atoms with van der Waals surface area (Å²) in [6, 6.07) is 8.31. The van der Waals surface area contributed by atoms with Crippen molar-refractivity contribution in [1.29, 1.82) is 0 Å². The van der Waals surface area contributed by atoms with Gasteiger partial charge in [0.25, 0.3) is 0 Å². The second-order valence-corrected chi connectivity index (χ2v) is 7.02. The molecule has 0 saturated heterocycles. The summed E-state index contributed by atoms with van der Waals surface area (Å²) >= 11 is 1.32. The van der Waals surface area contributed by atoms with E-state index in [0.29, 0.717) is 10.9 Å². The Balaban J connectivity index is 1.79. The summed E-state index contributed by atoms with van der Waals surface area (Å²) in [6.45, 7) is 7.03. The van der Waals surface area contributed by atoms with Crippen molar-refractivity contribution >= 4 is 39.7 Å². The summed E-state index contributed by atoms with van der Waals surface area (Å²) in [5.41, 5.74) is 2.74. The van der Waals surface area contributed by atoms with Crippen LogP contribution in [-0.2, 0) is 11.3 Å². The molecule has 25 heavy (non-hydrogen) atoms. The highest BCUT2D eigenvalue weighted by atomic mass is 32.2. The van der Waals surface area contributed by atoms with Crippen LogP contribution in [0.15, 0.2) is 29.4 Å². The molecule has 7 heteroatoms. The van der Waals surface area contributed by atoms with Crippen LogP contribution in [0, 0.1) is 0 Å². The number of hydrogen-bond donors (Lipinski definition) is 1. The number of nitrogens with one attached hydrogen (secondary N) is 1. The molecule has 0 bridgehead atoms.